The Morgan fingerprint density at radius 3 is 1.29 bits per heavy atom. The van der Waals surface area contributed by atoms with E-state index >= 15 is 0 Å². The van der Waals surface area contributed by atoms with Gasteiger partial charge < -0.3 is 9.80 Å². The van der Waals surface area contributed by atoms with Crippen molar-refractivity contribution in [1.82, 2.24) is 19.6 Å². The normalized spacial score (nSPS) is 17.5. The summed E-state index contributed by atoms with van der Waals surface area (Å²) in [5.41, 5.74) is 2.43. The zero-order valence-corrected chi connectivity index (χ0v) is 22.6. The van der Waals surface area contributed by atoms with E-state index in [1.807, 2.05) is 46.2 Å². The quantitative estimate of drug-likeness (QED) is 0.421. The van der Waals surface area contributed by atoms with Gasteiger partial charge in [0.2, 0.25) is 11.8 Å². The number of amides is 2. The number of carbonyl (C=O) groups is 2. The Morgan fingerprint density at radius 1 is 0.553 bits per heavy atom. The number of piperazine rings is 2. The molecule has 0 aliphatic carbocycles. The van der Waals surface area contributed by atoms with Gasteiger partial charge in [-0.2, -0.15) is 0 Å². The van der Waals surface area contributed by atoms with Gasteiger partial charge in [0, 0.05) is 78.3 Å². The summed E-state index contributed by atoms with van der Waals surface area (Å²) in [4.78, 5) is 34.1. The van der Waals surface area contributed by atoms with Crippen LogP contribution in [-0.2, 0) is 9.59 Å². The van der Waals surface area contributed by atoms with Gasteiger partial charge in [-0.3, -0.25) is 19.4 Å². The van der Waals surface area contributed by atoms with Crippen molar-refractivity contribution in [1.29, 1.82) is 0 Å². The molecule has 0 aromatic heterocycles. The average molecular weight is 515 g/mol. The molecule has 4 rings (SSSR count). The fraction of sp³-hybridized carbons (Fsp3) is 0.438. The summed E-state index contributed by atoms with van der Waals surface area (Å²) in [6.07, 6.45) is 11.4. The van der Waals surface area contributed by atoms with Crippen molar-refractivity contribution >= 4 is 24.0 Å². The number of rotatable bonds is 11. The van der Waals surface area contributed by atoms with Crippen LogP contribution in [0.4, 0.5) is 0 Å². The second-order valence-corrected chi connectivity index (χ2v) is 10.2. The molecule has 0 bridgehead atoms. The van der Waals surface area contributed by atoms with Crippen molar-refractivity contribution in [2.45, 2.75) is 25.7 Å². The Bertz CT molecular complexity index is 952. The largest absolute Gasteiger partial charge is 0.340 e. The first kappa shape index (κ1) is 27.8. The molecule has 2 heterocycles. The van der Waals surface area contributed by atoms with Crippen molar-refractivity contribution in [3.8, 4) is 0 Å². The summed E-state index contributed by atoms with van der Waals surface area (Å²) in [5, 5.41) is 0. The standard InChI is InChI=1S/C32H42N4O2/c37-31(35-25-21-33(22-26-35)19-9-15-29-11-3-1-4-12-29)17-7-8-18-32(38)36-27-23-34(24-28-36)20-10-16-30-13-5-2-6-14-30/h1-6,9-16H,7-8,17-28H2/b15-9+,16-10+. The molecule has 0 N–H and O–H groups in total. The first-order valence-electron chi connectivity index (χ1n) is 14.1. The fourth-order valence-corrected chi connectivity index (χ4v) is 5.03. The lowest BCUT2D eigenvalue weighted by atomic mass is 10.1. The molecule has 0 saturated carbocycles. The molecule has 38 heavy (non-hydrogen) atoms. The highest BCUT2D eigenvalue weighted by Gasteiger charge is 2.22. The zero-order valence-electron chi connectivity index (χ0n) is 22.6. The third-order valence-corrected chi connectivity index (χ3v) is 7.43. The summed E-state index contributed by atoms with van der Waals surface area (Å²) in [6, 6.07) is 20.7. The maximum atomic E-state index is 12.7. The maximum Gasteiger partial charge on any atom is 0.222 e. The molecule has 2 aromatic carbocycles. The number of carbonyl (C=O) groups excluding carboxylic acids is 2. The first-order chi connectivity index (χ1) is 18.7. The molecule has 2 aromatic rings. The predicted molar refractivity (Wildman–Crippen MR) is 155 cm³/mol. The van der Waals surface area contributed by atoms with Crippen molar-refractivity contribution in [3.05, 3.63) is 83.9 Å². The SMILES string of the molecule is O=C(CCCCC(=O)N1CCN(C/C=C/c2ccccc2)CC1)N1CCN(C/C=C/c2ccccc2)CC1. The van der Waals surface area contributed by atoms with Gasteiger partial charge in [-0.15, -0.1) is 0 Å². The van der Waals surface area contributed by atoms with Gasteiger partial charge in [0.25, 0.3) is 0 Å². The summed E-state index contributed by atoms with van der Waals surface area (Å²) >= 11 is 0. The second kappa shape index (κ2) is 15.3. The van der Waals surface area contributed by atoms with E-state index in [2.05, 4.69) is 58.4 Å². The van der Waals surface area contributed by atoms with Crippen LogP contribution in [0.5, 0.6) is 0 Å². The molecule has 202 valence electrons. The molecule has 2 amide bonds. The lowest BCUT2D eigenvalue weighted by Crippen LogP contribution is -2.48. The number of hydrogen-bond acceptors (Lipinski definition) is 4. The van der Waals surface area contributed by atoms with E-state index in [1.165, 1.54) is 11.1 Å². The van der Waals surface area contributed by atoms with Crippen LogP contribution in [0.25, 0.3) is 12.2 Å². The van der Waals surface area contributed by atoms with Crippen molar-refractivity contribution < 1.29 is 9.59 Å². The van der Waals surface area contributed by atoms with E-state index in [4.69, 9.17) is 0 Å². The Labute approximate surface area is 228 Å². The minimum absolute atomic E-state index is 0.231. The topological polar surface area (TPSA) is 47.1 Å². The van der Waals surface area contributed by atoms with Crippen LogP contribution in [0.15, 0.2) is 72.8 Å². The molecule has 2 aliphatic rings. The number of unbranched alkanes of at least 4 members (excludes halogenated alkanes) is 1. The van der Waals surface area contributed by atoms with Crippen LogP contribution in [-0.4, -0.2) is 96.9 Å². The molecule has 2 fully saturated rings. The van der Waals surface area contributed by atoms with Crippen LogP contribution < -0.4 is 0 Å². The highest BCUT2D eigenvalue weighted by Crippen LogP contribution is 2.11. The summed E-state index contributed by atoms with van der Waals surface area (Å²) in [6.45, 7) is 8.66. The Hall–Kier alpha value is -3.22. The van der Waals surface area contributed by atoms with Gasteiger partial charge in [0.05, 0.1) is 0 Å². The molecule has 0 unspecified atom stereocenters. The third-order valence-electron chi connectivity index (χ3n) is 7.43. The molecule has 2 aliphatic heterocycles. The molecular formula is C32H42N4O2. The van der Waals surface area contributed by atoms with Gasteiger partial charge in [-0.05, 0) is 24.0 Å². The Morgan fingerprint density at radius 2 is 0.921 bits per heavy atom. The summed E-state index contributed by atoms with van der Waals surface area (Å²) in [5.74, 6) is 0.461. The van der Waals surface area contributed by atoms with E-state index in [-0.39, 0.29) is 11.8 Å². The Kier molecular flexibility index (Phi) is 11.2. The Balaban J connectivity index is 1.04. The predicted octanol–water partition coefficient (Wildman–Crippen LogP) is 4.26. The van der Waals surface area contributed by atoms with Crippen molar-refractivity contribution in [2.75, 3.05) is 65.4 Å². The molecular weight excluding hydrogens is 472 g/mol. The number of hydrogen-bond donors (Lipinski definition) is 0. The average Bonchev–Trinajstić information content (AvgIpc) is 2.97. The third kappa shape index (κ3) is 9.26. The van der Waals surface area contributed by atoms with Gasteiger partial charge in [0.1, 0.15) is 0 Å². The number of benzene rings is 2. The fourth-order valence-electron chi connectivity index (χ4n) is 5.03. The van der Waals surface area contributed by atoms with Crippen LogP contribution in [0.1, 0.15) is 36.8 Å². The van der Waals surface area contributed by atoms with Crippen molar-refractivity contribution in [3.63, 3.8) is 0 Å². The van der Waals surface area contributed by atoms with Crippen LogP contribution in [0, 0.1) is 0 Å². The van der Waals surface area contributed by atoms with Crippen LogP contribution in [0.2, 0.25) is 0 Å². The lowest BCUT2D eigenvalue weighted by Gasteiger charge is -2.34. The number of nitrogens with zero attached hydrogens (tertiary/aromatic N) is 4. The van der Waals surface area contributed by atoms with Gasteiger partial charge >= 0.3 is 0 Å². The first-order valence-corrected chi connectivity index (χ1v) is 14.1. The van der Waals surface area contributed by atoms with E-state index in [0.717, 1.165) is 78.3 Å². The zero-order chi connectivity index (χ0) is 26.4. The summed E-state index contributed by atoms with van der Waals surface area (Å²) in [7, 11) is 0. The van der Waals surface area contributed by atoms with E-state index in [9.17, 15) is 9.59 Å². The van der Waals surface area contributed by atoms with Crippen LogP contribution >= 0.6 is 0 Å². The molecule has 6 heteroatoms. The molecule has 2 saturated heterocycles. The van der Waals surface area contributed by atoms with Gasteiger partial charge in [-0.25, -0.2) is 0 Å². The molecule has 0 spiro atoms. The van der Waals surface area contributed by atoms with Crippen molar-refractivity contribution in [2.24, 2.45) is 0 Å². The summed E-state index contributed by atoms with van der Waals surface area (Å²) < 4.78 is 0. The minimum Gasteiger partial charge on any atom is -0.340 e. The van der Waals surface area contributed by atoms with E-state index in [0.29, 0.717) is 12.8 Å². The molecule has 0 radical (unpaired) electrons. The molecule has 0 atom stereocenters. The highest BCUT2D eigenvalue weighted by atomic mass is 16.2. The second-order valence-electron chi connectivity index (χ2n) is 10.2. The van der Waals surface area contributed by atoms with Crippen LogP contribution in [0.3, 0.4) is 0 Å². The monoisotopic (exact) mass is 514 g/mol. The van der Waals surface area contributed by atoms with Gasteiger partial charge in [-0.1, -0.05) is 85.0 Å². The van der Waals surface area contributed by atoms with E-state index in [1.54, 1.807) is 0 Å². The highest BCUT2D eigenvalue weighted by molar-refractivity contribution is 5.77. The van der Waals surface area contributed by atoms with Gasteiger partial charge in [0.15, 0.2) is 0 Å². The smallest absolute Gasteiger partial charge is 0.222 e. The lowest BCUT2D eigenvalue weighted by molar-refractivity contribution is -0.134. The maximum absolute atomic E-state index is 12.7. The van der Waals surface area contributed by atoms with E-state index < -0.39 is 0 Å². The minimum atomic E-state index is 0.231. The molecule has 6 nitrogen and oxygen atoms in total.